The SMILES string of the molecule is CN(C)c1ccc2c(-c3ccc(C(=O)NCC#CC(=O)NCc4c5oc6cc(O)ccc6c(-c6ccc(C(=O)O)cc6C(=O)O)c-5ccc4=O)cc3C(=O)O)c3ccc(=[N+](C)C)cc-3oc2c1. The fourth-order valence-electron chi connectivity index (χ4n) is 7.87. The summed E-state index contributed by atoms with van der Waals surface area (Å²) in [4.78, 5) is 78.4. The summed E-state index contributed by atoms with van der Waals surface area (Å²) < 4.78 is 14.4. The zero-order chi connectivity index (χ0) is 47.8. The van der Waals surface area contributed by atoms with Crippen LogP contribution in [0.3, 0.4) is 0 Å². The molecule has 6 N–H and O–H groups in total. The number of aromatic hydroxyl groups is 1. The lowest BCUT2D eigenvalue weighted by atomic mass is 9.88. The van der Waals surface area contributed by atoms with E-state index in [1.165, 1.54) is 54.6 Å². The molecule has 0 radical (unpaired) electrons. The van der Waals surface area contributed by atoms with E-state index in [1.54, 1.807) is 6.07 Å². The van der Waals surface area contributed by atoms with Crippen molar-refractivity contribution in [3.63, 3.8) is 0 Å². The smallest absolute Gasteiger partial charge is 0.336 e. The maximum absolute atomic E-state index is 13.3. The number of phenolic OH excluding ortho intramolecular Hbond substituents is 1. The quantitative estimate of drug-likeness (QED) is 0.0523. The number of carbonyl (C=O) groups excluding carboxylic acids is 2. The topological polar surface area (TPSA) is 240 Å². The Morgan fingerprint density at radius 3 is 1.93 bits per heavy atom. The lowest BCUT2D eigenvalue weighted by Crippen LogP contribution is -2.26. The molecule has 8 rings (SSSR count). The normalized spacial score (nSPS) is 11.0. The predicted octanol–water partition coefficient (Wildman–Crippen LogP) is 6.03. The van der Waals surface area contributed by atoms with Crippen LogP contribution in [0.5, 0.6) is 5.75 Å². The van der Waals surface area contributed by atoms with E-state index in [4.69, 9.17) is 8.83 Å². The second kappa shape index (κ2) is 17.7. The molecule has 2 aliphatic carbocycles. The monoisotopic (exact) mass is 899 g/mol. The van der Waals surface area contributed by atoms with Gasteiger partial charge in [-0.2, -0.15) is 0 Å². The number of carboxylic acids is 3. The van der Waals surface area contributed by atoms with Crippen molar-refractivity contribution in [2.45, 2.75) is 6.54 Å². The van der Waals surface area contributed by atoms with E-state index in [1.807, 2.05) is 74.1 Å². The van der Waals surface area contributed by atoms with E-state index in [0.717, 1.165) is 17.1 Å². The van der Waals surface area contributed by atoms with Crippen molar-refractivity contribution in [3.05, 3.63) is 147 Å². The van der Waals surface area contributed by atoms with Gasteiger partial charge in [0.1, 0.15) is 42.5 Å². The first kappa shape index (κ1) is 44.4. The van der Waals surface area contributed by atoms with Gasteiger partial charge in [0, 0.05) is 76.6 Å². The van der Waals surface area contributed by atoms with Gasteiger partial charge in [0.25, 0.3) is 11.8 Å². The number of fused-ring (bicyclic) bond motifs is 4. The zero-order valence-electron chi connectivity index (χ0n) is 36.2. The number of nitrogens with zero attached hydrogens (tertiary/aromatic N) is 2. The van der Waals surface area contributed by atoms with E-state index in [0.29, 0.717) is 38.8 Å². The van der Waals surface area contributed by atoms with Gasteiger partial charge < -0.3 is 44.8 Å². The largest absolute Gasteiger partial charge is 0.508 e. The molecule has 16 nitrogen and oxygen atoms in total. The van der Waals surface area contributed by atoms with Crippen molar-refractivity contribution >= 4 is 57.3 Å². The van der Waals surface area contributed by atoms with E-state index in [2.05, 4.69) is 22.5 Å². The van der Waals surface area contributed by atoms with Crippen LogP contribution in [0.4, 0.5) is 5.69 Å². The molecule has 16 heteroatoms. The summed E-state index contributed by atoms with van der Waals surface area (Å²) >= 11 is 0. The molecule has 4 aliphatic rings. The maximum Gasteiger partial charge on any atom is 0.336 e. The highest BCUT2D eigenvalue weighted by molar-refractivity contribution is 6.11. The van der Waals surface area contributed by atoms with E-state index in [9.17, 15) is 49.2 Å². The summed E-state index contributed by atoms with van der Waals surface area (Å²) in [5, 5.41) is 47.4. The van der Waals surface area contributed by atoms with E-state index in [-0.39, 0.29) is 68.1 Å². The second-order valence-electron chi connectivity index (χ2n) is 15.8. The fraction of sp³-hybridized carbons (Fsp3) is 0.118. The summed E-state index contributed by atoms with van der Waals surface area (Å²) in [6.07, 6.45) is 0. The molecule has 0 bridgehead atoms. The molecular weight excluding hydrogens is 861 g/mol. The number of aromatic carboxylic acids is 3. The second-order valence-corrected chi connectivity index (χ2v) is 15.8. The first-order chi connectivity index (χ1) is 32.0. The molecule has 2 aliphatic heterocycles. The summed E-state index contributed by atoms with van der Waals surface area (Å²) in [5.74, 6) is -0.290. The number of phenols is 1. The Morgan fingerprint density at radius 2 is 1.27 bits per heavy atom. The van der Waals surface area contributed by atoms with Crippen LogP contribution < -0.4 is 30.9 Å². The van der Waals surface area contributed by atoms with Gasteiger partial charge in [0.15, 0.2) is 5.43 Å². The molecule has 0 saturated heterocycles. The van der Waals surface area contributed by atoms with Gasteiger partial charge >= 0.3 is 17.9 Å². The van der Waals surface area contributed by atoms with Crippen LogP contribution in [0.1, 0.15) is 47.0 Å². The van der Waals surface area contributed by atoms with E-state index < -0.39 is 41.7 Å². The number of hydrogen-bond acceptors (Lipinski definition) is 10. The third-order valence-corrected chi connectivity index (χ3v) is 11.2. The molecule has 0 unspecified atom stereocenters. The van der Waals surface area contributed by atoms with Crippen LogP contribution in [-0.4, -0.2) is 84.9 Å². The highest BCUT2D eigenvalue weighted by Gasteiger charge is 2.27. The van der Waals surface area contributed by atoms with Gasteiger partial charge in [-0.3, -0.25) is 14.4 Å². The van der Waals surface area contributed by atoms with Crippen LogP contribution in [0.15, 0.2) is 117 Å². The lowest BCUT2D eigenvalue weighted by molar-refractivity contribution is -0.115. The van der Waals surface area contributed by atoms with Crippen LogP contribution in [0.2, 0.25) is 0 Å². The molecule has 0 spiro atoms. The minimum Gasteiger partial charge on any atom is -0.508 e. The minimum absolute atomic E-state index is 0.0302. The number of anilines is 1. The average Bonchev–Trinajstić information content (AvgIpc) is 3.30. The fourth-order valence-corrected chi connectivity index (χ4v) is 7.87. The molecule has 0 fully saturated rings. The third kappa shape index (κ3) is 8.59. The number of rotatable bonds is 10. The Balaban J connectivity index is 1.03. The Labute approximate surface area is 380 Å². The first-order valence-corrected chi connectivity index (χ1v) is 20.4. The number of amides is 2. The summed E-state index contributed by atoms with van der Waals surface area (Å²) in [6.45, 7) is -0.707. The molecule has 0 saturated carbocycles. The Morgan fingerprint density at radius 1 is 0.657 bits per heavy atom. The zero-order valence-corrected chi connectivity index (χ0v) is 36.2. The Hall–Kier alpha value is -9.23. The number of benzene rings is 6. The lowest BCUT2D eigenvalue weighted by Gasteiger charge is -2.19. The molecule has 67 heavy (non-hydrogen) atoms. The van der Waals surface area contributed by atoms with Crippen LogP contribution in [-0.2, 0) is 11.3 Å². The van der Waals surface area contributed by atoms with Crippen LogP contribution >= 0.6 is 0 Å². The van der Waals surface area contributed by atoms with Crippen molar-refractivity contribution in [2.75, 3.05) is 39.6 Å². The van der Waals surface area contributed by atoms with Gasteiger partial charge in [0.05, 0.1) is 41.4 Å². The van der Waals surface area contributed by atoms with Crippen LogP contribution in [0.25, 0.3) is 66.8 Å². The Kier molecular flexibility index (Phi) is 11.7. The summed E-state index contributed by atoms with van der Waals surface area (Å²) in [6, 6.07) is 26.0. The molecular formula is C51H39N4O12+. The number of carbonyl (C=O) groups is 5. The standard InChI is InChI=1S/C51H38N4O12/c1-54(2)28-9-14-33-41(22-28)66-42-23-29(55(3)4)10-15-34(42)45(33)31-12-7-26(20-37(31)50(62)63)48(59)52-19-5-6-44(58)53-25-39-40(57)18-17-36-46(35-16-11-30(56)24-43(35)67-47(36)39)32-13-8-27(49(60)61)21-38(32)51(64)65/h7-18,20-24H,19,25H2,1-4H3,(H5-,52,53,56,57,58,59,60,61,62,63,64,65)/p+1. The van der Waals surface area contributed by atoms with Gasteiger partial charge in [-0.25, -0.2) is 19.0 Å². The molecule has 2 amide bonds. The Bertz CT molecular complexity index is 3550. The van der Waals surface area contributed by atoms with Gasteiger partial charge in [0.2, 0.25) is 5.36 Å². The van der Waals surface area contributed by atoms with Crippen molar-refractivity contribution in [1.29, 1.82) is 0 Å². The van der Waals surface area contributed by atoms with Crippen molar-refractivity contribution in [3.8, 4) is 62.5 Å². The van der Waals surface area contributed by atoms with Crippen LogP contribution in [0, 0.1) is 11.8 Å². The van der Waals surface area contributed by atoms with E-state index >= 15 is 0 Å². The van der Waals surface area contributed by atoms with Gasteiger partial charge in [-0.05, 0) is 83.8 Å². The summed E-state index contributed by atoms with van der Waals surface area (Å²) in [7, 11) is 7.60. The predicted molar refractivity (Wildman–Crippen MR) is 249 cm³/mol. The molecule has 4 aromatic carbocycles. The summed E-state index contributed by atoms with van der Waals surface area (Å²) in [5.41, 5.74) is 2.48. The van der Waals surface area contributed by atoms with Crippen molar-refractivity contribution in [1.82, 2.24) is 15.2 Å². The van der Waals surface area contributed by atoms with Crippen molar-refractivity contribution in [2.24, 2.45) is 0 Å². The highest BCUT2D eigenvalue weighted by Crippen LogP contribution is 2.44. The third-order valence-electron chi connectivity index (χ3n) is 11.2. The van der Waals surface area contributed by atoms with Gasteiger partial charge in [-0.15, -0.1) is 0 Å². The molecule has 2 heterocycles. The first-order valence-electron chi connectivity index (χ1n) is 20.4. The number of hydrogen-bond donors (Lipinski definition) is 6. The number of carboxylic acid groups (broad SMARTS) is 3. The molecule has 0 aromatic heterocycles. The van der Waals surface area contributed by atoms with Gasteiger partial charge in [-0.1, -0.05) is 18.1 Å². The highest BCUT2D eigenvalue weighted by atomic mass is 16.4. The molecule has 0 atom stereocenters. The molecule has 334 valence electrons. The van der Waals surface area contributed by atoms with Crippen molar-refractivity contribution < 1.29 is 53.2 Å². The molecule has 4 aromatic rings. The minimum atomic E-state index is -1.41. The maximum atomic E-state index is 13.3. The average molecular weight is 900 g/mol. The number of nitrogens with one attached hydrogen (secondary N) is 2.